The normalized spacial score (nSPS) is 13.9. The molecule has 1 saturated heterocycles. The maximum atomic E-state index is 12.9. The van der Waals surface area contributed by atoms with E-state index in [9.17, 15) is 14.4 Å². The van der Waals surface area contributed by atoms with Crippen LogP contribution in [0.2, 0.25) is 0 Å². The van der Waals surface area contributed by atoms with Crippen LogP contribution in [0.25, 0.3) is 11.1 Å². The van der Waals surface area contributed by atoms with E-state index in [0.29, 0.717) is 17.0 Å². The summed E-state index contributed by atoms with van der Waals surface area (Å²) in [6.45, 7) is 1.40. The van der Waals surface area contributed by atoms with Gasteiger partial charge in [-0.3, -0.25) is 15.0 Å². The number of aryl methyl sites for hydroxylation is 1. The van der Waals surface area contributed by atoms with Crippen molar-refractivity contribution in [2.75, 3.05) is 11.4 Å². The Morgan fingerprint density at radius 1 is 1.00 bits per heavy atom. The number of carbonyl (C=O) groups excluding carboxylic acids is 3. The van der Waals surface area contributed by atoms with Crippen LogP contribution in [0.15, 0.2) is 71.3 Å². The minimum Gasteiger partial charge on any atom is -0.469 e. The number of nitrogens with one attached hydrogen (secondary N) is 1. The number of amides is 4. The Bertz CT molecular complexity index is 1060. The van der Waals surface area contributed by atoms with Gasteiger partial charge >= 0.3 is 6.03 Å². The largest absolute Gasteiger partial charge is 0.469 e. The second-order valence-electron chi connectivity index (χ2n) is 6.31. The third-order valence-electron chi connectivity index (χ3n) is 4.53. The zero-order valence-electron chi connectivity index (χ0n) is 15.1. The zero-order valence-corrected chi connectivity index (χ0v) is 15.1. The van der Waals surface area contributed by atoms with Crippen molar-refractivity contribution in [3.05, 3.63) is 78.3 Å². The lowest BCUT2D eigenvalue weighted by Gasteiger charge is -2.20. The van der Waals surface area contributed by atoms with Crippen molar-refractivity contribution in [1.82, 2.24) is 10.4 Å². The van der Waals surface area contributed by atoms with Crippen LogP contribution in [0.4, 0.5) is 10.5 Å². The Morgan fingerprint density at radius 2 is 1.71 bits per heavy atom. The first-order valence-electron chi connectivity index (χ1n) is 8.70. The molecule has 28 heavy (non-hydrogen) atoms. The molecule has 7 nitrogen and oxygen atoms in total. The van der Waals surface area contributed by atoms with E-state index in [2.05, 4.69) is 5.43 Å². The maximum Gasteiger partial charge on any atom is 0.350 e. The van der Waals surface area contributed by atoms with Crippen LogP contribution in [0.3, 0.4) is 0 Å². The summed E-state index contributed by atoms with van der Waals surface area (Å²) < 4.78 is 5.11. The molecular formula is C21H17N3O4. The number of benzene rings is 2. The highest BCUT2D eigenvalue weighted by Crippen LogP contribution is 2.32. The summed E-state index contributed by atoms with van der Waals surface area (Å²) in [5, 5.41) is 1.01. The monoisotopic (exact) mass is 375 g/mol. The Hall–Kier alpha value is -3.87. The van der Waals surface area contributed by atoms with Crippen molar-refractivity contribution in [2.24, 2.45) is 0 Å². The fourth-order valence-electron chi connectivity index (χ4n) is 3.16. The number of hydrazine groups is 1. The molecule has 0 radical (unpaired) electrons. The third-order valence-corrected chi connectivity index (χ3v) is 4.53. The average Bonchev–Trinajstić information content (AvgIpc) is 3.25. The smallest absolute Gasteiger partial charge is 0.350 e. The fraction of sp³-hybridized carbons (Fsp3) is 0.0952. The number of urea groups is 1. The van der Waals surface area contributed by atoms with Crippen molar-refractivity contribution in [2.45, 2.75) is 6.92 Å². The number of nitrogens with zero attached hydrogens (tertiary/aromatic N) is 2. The van der Waals surface area contributed by atoms with Crippen molar-refractivity contribution < 1.29 is 18.8 Å². The van der Waals surface area contributed by atoms with Gasteiger partial charge in [0.25, 0.3) is 11.8 Å². The molecule has 4 amide bonds. The van der Waals surface area contributed by atoms with Crippen LogP contribution in [0.1, 0.15) is 16.1 Å². The minimum absolute atomic E-state index is 0.245. The van der Waals surface area contributed by atoms with E-state index in [4.69, 9.17) is 4.42 Å². The molecular weight excluding hydrogens is 358 g/mol. The van der Waals surface area contributed by atoms with E-state index in [1.807, 2.05) is 42.5 Å². The first kappa shape index (κ1) is 17.5. The van der Waals surface area contributed by atoms with E-state index >= 15 is 0 Å². The zero-order chi connectivity index (χ0) is 19.7. The minimum atomic E-state index is -0.608. The van der Waals surface area contributed by atoms with Gasteiger partial charge in [0.05, 0.1) is 17.5 Å². The molecule has 4 rings (SSSR count). The maximum absolute atomic E-state index is 12.9. The lowest BCUT2D eigenvalue weighted by atomic mass is 10.0. The van der Waals surface area contributed by atoms with Gasteiger partial charge in [-0.25, -0.2) is 14.7 Å². The molecule has 0 atom stereocenters. The molecule has 0 spiro atoms. The molecule has 0 bridgehead atoms. The van der Waals surface area contributed by atoms with Gasteiger partial charge in [-0.2, -0.15) is 0 Å². The summed E-state index contributed by atoms with van der Waals surface area (Å²) in [6, 6.07) is 17.6. The second kappa shape index (κ2) is 7.03. The van der Waals surface area contributed by atoms with Crippen molar-refractivity contribution in [3.63, 3.8) is 0 Å². The van der Waals surface area contributed by atoms with Crippen LogP contribution < -0.4 is 10.3 Å². The molecule has 7 heteroatoms. The molecule has 1 fully saturated rings. The molecule has 0 aliphatic carbocycles. The molecule has 1 aromatic heterocycles. The van der Waals surface area contributed by atoms with Crippen LogP contribution >= 0.6 is 0 Å². The van der Waals surface area contributed by atoms with Crippen LogP contribution in [0, 0.1) is 6.92 Å². The summed E-state index contributed by atoms with van der Waals surface area (Å²) in [4.78, 5) is 39.0. The number of para-hydroxylation sites is 1. The number of hydrogen-bond donors (Lipinski definition) is 1. The molecule has 1 aliphatic heterocycles. The molecule has 140 valence electrons. The topological polar surface area (TPSA) is 82.9 Å². The van der Waals surface area contributed by atoms with Crippen LogP contribution in [-0.4, -0.2) is 29.4 Å². The van der Waals surface area contributed by atoms with Gasteiger partial charge in [-0.1, -0.05) is 48.5 Å². The standard InChI is InChI=1S/C21H17N3O4/c1-14-16(11-12-28-14)20(26)22-23-13-19(25)24(21(23)27)18-10-6-5-9-17(18)15-7-3-2-4-8-15/h2-12H,13H2,1H3,(H,22,26). The molecule has 0 unspecified atom stereocenters. The van der Waals surface area contributed by atoms with Gasteiger partial charge in [0.1, 0.15) is 12.3 Å². The first-order valence-corrected chi connectivity index (χ1v) is 8.70. The number of rotatable bonds is 4. The van der Waals surface area contributed by atoms with Gasteiger partial charge in [0, 0.05) is 5.56 Å². The molecule has 2 heterocycles. The quantitative estimate of drug-likeness (QED) is 0.709. The number of hydrogen-bond acceptors (Lipinski definition) is 4. The number of imide groups is 1. The molecule has 1 N–H and O–H groups in total. The third kappa shape index (κ3) is 3.03. The van der Waals surface area contributed by atoms with Crippen LogP contribution in [0.5, 0.6) is 0 Å². The predicted molar refractivity (Wildman–Crippen MR) is 102 cm³/mol. The molecule has 3 aromatic rings. The Balaban J connectivity index is 1.62. The van der Waals surface area contributed by atoms with E-state index < -0.39 is 17.8 Å². The van der Waals surface area contributed by atoms with E-state index in [1.54, 1.807) is 19.1 Å². The van der Waals surface area contributed by atoms with Crippen LogP contribution in [-0.2, 0) is 4.79 Å². The highest BCUT2D eigenvalue weighted by atomic mass is 16.3. The van der Waals surface area contributed by atoms with Gasteiger partial charge < -0.3 is 4.42 Å². The lowest BCUT2D eigenvalue weighted by molar-refractivity contribution is -0.116. The number of anilines is 1. The fourth-order valence-corrected chi connectivity index (χ4v) is 3.16. The Morgan fingerprint density at radius 3 is 2.43 bits per heavy atom. The highest BCUT2D eigenvalue weighted by molar-refractivity contribution is 6.21. The van der Waals surface area contributed by atoms with Crippen molar-refractivity contribution in [1.29, 1.82) is 0 Å². The lowest BCUT2D eigenvalue weighted by Crippen LogP contribution is -2.45. The highest BCUT2D eigenvalue weighted by Gasteiger charge is 2.39. The Labute approximate surface area is 161 Å². The summed E-state index contributed by atoms with van der Waals surface area (Å²) in [5.41, 5.74) is 4.90. The summed E-state index contributed by atoms with van der Waals surface area (Å²) in [5.74, 6) is -0.495. The molecule has 0 saturated carbocycles. The van der Waals surface area contributed by atoms with Gasteiger partial charge in [0.2, 0.25) is 0 Å². The molecule has 2 aromatic carbocycles. The van der Waals surface area contributed by atoms with Crippen molar-refractivity contribution in [3.8, 4) is 11.1 Å². The average molecular weight is 375 g/mol. The number of furan rings is 1. The first-order chi connectivity index (χ1) is 13.6. The summed E-state index contributed by atoms with van der Waals surface area (Å²) in [7, 11) is 0. The SMILES string of the molecule is Cc1occc1C(=O)NN1CC(=O)N(c2ccccc2-c2ccccc2)C1=O. The number of carbonyl (C=O) groups is 3. The Kier molecular flexibility index (Phi) is 4.41. The molecule has 1 aliphatic rings. The van der Waals surface area contributed by atoms with Crippen molar-refractivity contribution >= 4 is 23.5 Å². The van der Waals surface area contributed by atoms with E-state index in [1.165, 1.54) is 12.3 Å². The predicted octanol–water partition coefficient (Wildman–Crippen LogP) is 3.37. The second-order valence-corrected chi connectivity index (χ2v) is 6.31. The van der Waals surface area contributed by atoms with E-state index in [-0.39, 0.29) is 6.54 Å². The van der Waals surface area contributed by atoms with Gasteiger partial charge in [-0.15, -0.1) is 0 Å². The van der Waals surface area contributed by atoms with Gasteiger partial charge in [0.15, 0.2) is 0 Å². The summed E-state index contributed by atoms with van der Waals surface area (Å²) >= 11 is 0. The van der Waals surface area contributed by atoms with E-state index in [0.717, 1.165) is 21.0 Å². The summed E-state index contributed by atoms with van der Waals surface area (Å²) in [6.07, 6.45) is 1.39. The van der Waals surface area contributed by atoms with Gasteiger partial charge in [-0.05, 0) is 24.6 Å².